The van der Waals surface area contributed by atoms with Crippen LogP contribution < -0.4 is 21.3 Å². The van der Waals surface area contributed by atoms with Crippen molar-refractivity contribution in [2.75, 3.05) is 29.9 Å². The maximum atomic E-state index is 12.4. The van der Waals surface area contributed by atoms with Gasteiger partial charge in [-0.25, -0.2) is 0 Å². The molecule has 3 rings (SSSR count). The second-order valence-electron chi connectivity index (χ2n) is 6.31. The van der Waals surface area contributed by atoms with Crippen LogP contribution in [-0.2, 0) is 9.59 Å². The Bertz CT molecular complexity index is 572. The molecule has 1 aromatic rings. The fraction of sp³-hybridized carbons (Fsp3) is 0.529. The predicted molar refractivity (Wildman–Crippen MR) is 90.2 cm³/mol. The lowest BCUT2D eigenvalue weighted by molar-refractivity contribution is -0.121. The van der Waals surface area contributed by atoms with Crippen LogP contribution in [-0.4, -0.2) is 37.5 Å². The summed E-state index contributed by atoms with van der Waals surface area (Å²) in [6, 6.07) is 7.40. The van der Waals surface area contributed by atoms with Gasteiger partial charge in [0, 0.05) is 30.5 Å². The summed E-state index contributed by atoms with van der Waals surface area (Å²) in [6.45, 7) is 1.84. The van der Waals surface area contributed by atoms with Crippen LogP contribution in [0.2, 0.25) is 0 Å². The highest BCUT2D eigenvalue weighted by Gasteiger charge is 2.28. The monoisotopic (exact) mass is 316 g/mol. The van der Waals surface area contributed by atoms with Gasteiger partial charge in [-0.2, -0.15) is 0 Å². The van der Waals surface area contributed by atoms with E-state index in [1.807, 2.05) is 24.3 Å². The second-order valence-corrected chi connectivity index (χ2v) is 6.31. The average Bonchev–Trinajstić information content (AvgIpc) is 2.56. The van der Waals surface area contributed by atoms with Crippen molar-refractivity contribution in [3.63, 3.8) is 0 Å². The summed E-state index contributed by atoms with van der Waals surface area (Å²) in [4.78, 5) is 26.0. The predicted octanol–water partition coefficient (Wildman–Crippen LogP) is 1.08. The highest BCUT2D eigenvalue weighted by molar-refractivity contribution is 5.96. The molecular formula is C17H24N4O2. The topological polar surface area (TPSA) is 87.5 Å². The van der Waals surface area contributed by atoms with Gasteiger partial charge < -0.3 is 21.3 Å². The Morgan fingerprint density at radius 3 is 2.65 bits per heavy atom. The van der Waals surface area contributed by atoms with E-state index in [0.29, 0.717) is 13.1 Å². The van der Waals surface area contributed by atoms with Gasteiger partial charge in [0.1, 0.15) is 0 Å². The van der Waals surface area contributed by atoms with E-state index in [1.54, 1.807) is 4.90 Å². The lowest BCUT2D eigenvalue weighted by Gasteiger charge is -2.28. The van der Waals surface area contributed by atoms with Crippen molar-refractivity contribution >= 4 is 23.2 Å². The molecule has 0 radical (unpaired) electrons. The van der Waals surface area contributed by atoms with Crippen molar-refractivity contribution in [2.24, 2.45) is 11.7 Å². The fourth-order valence-electron chi connectivity index (χ4n) is 3.32. The number of hydrogen-bond acceptors (Lipinski definition) is 4. The molecule has 1 saturated heterocycles. The number of piperazine rings is 1. The van der Waals surface area contributed by atoms with Gasteiger partial charge in [0.25, 0.3) is 0 Å². The summed E-state index contributed by atoms with van der Waals surface area (Å²) in [7, 11) is 0. The van der Waals surface area contributed by atoms with E-state index >= 15 is 0 Å². The Kier molecular flexibility index (Phi) is 4.93. The van der Waals surface area contributed by atoms with Crippen molar-refractivity contribution in [1.29, 1.82) is 0 Å². The molecule has 2 atom stereocenters. The van der Waals surface area contributed by atoms with E-state index in [2.05, 4.69) is 10.6 Å². The number of anilines is 2. The first-order chi connectivity index (χ1) is 11.1. The fourth-order valence-corrected chi connectivity index (χ4v) is 3.32. The highest BCUT2D eigenvalue weighted by atomic mass is 16.2. The van der Waals surface area contributed by atoms with Crippen molar-refractivity contribution in [2.45, 2.75) is 31.7 Å². The minimum Gasteiger partial charge on any atom is -0.327 e. The Morgan fingerprint density at radius 1 is 1.22 bits per heavy atom. The normalized spacial score (nSPS) is 25.3. The molecule has 2 unspecified atom stereocenters. The molecule has 6 heteroatoms. The summed E-state index contributed by atoms with van der Waals surface area (Å²) in [5.74, 6) is -0.0254. The van der Waals surface area contributed by atoms with Crippen LogP contribution >= 0.6 is 0 Å². The third-order valence-electron chi connectivity index (χ3n) is 4.69. The molecule has 6 nitrogen and oxygen atoms in total. The average molecular weight is 316 g/mol. The highest BCUT2D eigenvalue weighted by Crippen LogP contribution is 2.25. The summed E-state index contributed by atoms with van der Waals surface area (Å²) < 4.78 is 0. The Hall–Kier alpha value is -1.92. The molecular weight excluding hydrogens is 292 g/mol. The van der Waals surface area contributed by atoms with Crippen LogP contribution in [0, 0.1) is 5.92 Å². The maximum Gasteiger partial charge on any atom is 0.240 e. The smallest absolute Gasteiger partial charge is 0.240 e. The number of nitrogens with zero attached hydrogens (tertiary/aromatic N) is 1. The first kappa shape index (κ1) is 16.0. The molecule has 1 heterocycles. The number of rotatable bonds is 3. The lowest BCUT2D eigenvalue weighted by Crippen LogP contribution is -2.48. The largest absolute Gasteiger partial charge is 0.327 e. The van der Waals surface area contributed by atoms with Crippen LogP contribution in [0.1, 0.15) is 25.7 Å². The van der Waals surface area contributed by atoms with Gasteiger partial charge in [-0.15, -0.1) is 0 Å². The zero-order chi connectivity index (χ0) is 16.2. The van der Waals surface area contributed by atoms with E-state index in [4.69, 9.17) is 5.73 Å². The van der Waals surface area contributed by atoms with Gasteiger partial charge in [-0.3, -0.25) is 9.59 Å². The molecule has 0 bridgehead atoms. The first-order valence-corrected chi connectivity index (χ1v) is 8.33. The number of hydrogen-bond donors (Lipinski definition) is 3. The van der Waals surface area contributed by atoms with Crippen LogP contribution in [0.4, 0.5) is 11.4 Å². The summed E-state index contributed by atoms with van der Waals surface area (Å²) in [6.07, 6.45) is 3.96. The van der Waals surface area contributed by atoms with E-state index in [9.17, 15) is 9.59 Å². The number of amides is 2. The molecule has 0 spiro atoms. The molecule has 23 heavy (non-hydrogen) atoms. The Balaban J connectivity index is 1.63. The molecule has 4 N–H and O–H groups in total. The number of carbonyl (C=O) groups excluding carboxylic acids is 2. The number of carbonyl (C=O) groups is 2. The van der Waals surface area contributed by atoms with E-state index in [-0.39, 0.29) is 23.8 Å². The van der Waals surface area contributed by atoms with E-state index in [1.165, 1.54) is 0 Å². The minimum absolute atomic E-state index is 0.00296. The molecule has 1 saturated carbocycles. The molecule has 1 aliphatic carbocycles. The van der Waals surface area contributed by atoms with Crippen LogP contribution in [0.3, 0.4) is 0 Å². The lowest BCUT2D eigenvalue weighted by atomic mass is 9.84. The van der Waals surface area contributed by atoms with Gasteiger partial charge in [0.05, 0.1) is 12.5 Å². The number of benzene rings is 1. The number of nitrogens with one attached hydrogen (secondary N) is 2. The summed E-state index contributed by atoms with van der Waals surface area (Å²) in [5.41, 5.74) is 7.67. The van der Waals surface area contributed by atoms with Crippen LogP contribution in [0.5, 0.6) is 0 Å². The molecule has 124 valence electrons. The van der Waals surface area contributed by atoms with Crippen molar-refractivity contribution in [1.82, 2.24) is 5.32 Å². The molecule has 2 fully saturated rings. The number of nitrogens with two attached hydrogens (primary N) is 1. The van der Waals surface area contributed by atoms with E-state index in [0.717, 1.165) is 43.6 Å². The maximum absolute atomic E-state index is 12.4. The zero-order valence-corrected chi connectivity index (χ0v) is 13.3. The molecule has 1 aliphatic heterocycles. The van der Waals surface area contributed by atoms with Gasteiger partial charge in [-0.05, 0) is 37.1 Å². The Morgan fingerprint density at radius 2 is 1.96 bits per heavy atom. The second kappa shape index (κ2) is 7.10. The summed E-state index contributed by atoms with van der Waals surface area (Å²) in [5, 5.41) is 6.00. The van der Waals surface area contributed by atoms with Crippen LogP contribution in [0.15, 0.2) is 24.3 Å². The molecule has 1 aromatic carbocycles. The molecule has 0 aromatic heterocycles. The standard InChI is InChI=1S/C17H24N4O2/c18-15-4-2-1-3-14(15)17(23)20-12-5-7-13(8-6-12)21-10-9-19-11-16(21)22/h5-8,14-15,19H,1-4,9-11,18H2,(H,20,23). The zero-order valence-electron chi connectivity index (χ0n) is 13.3. The molecule has 2 amide bonds. The van der Waals surface area contributed by atoms with Crippen molar-refractivity contribution in [3.8, 4) is 0 Å². The van der Waals surface area contributed by atoms with E-state index < -0.39 is 0 Å². The molecule has 2 aliphatic rings. The third-order valence-corrected chi connectivity index (χ3v) is 4.69. The quantitative estimate of drug-likeness (QED) is 0.779. The third kappa shape index (κ3) is 3.71. The van der Waals surface area contributed by atoms with Crippen LogP contribution in [0.25, 0.3) is 0 Å². The van der Waals surface area contributed by atoms with Gasteiger partial charge in [-0.1, -0.05) is 12.8 Å². The Labute approximate surface area is 136 Å². The SMILES string of the molecule is NC1CCCCC1C(=O)Nc1ccc(N2CCNCC2=O)cc1. The minimum atomic E-state index is -0.0989. The van der Waals surface area contributed by atoms with Gasteiger partial charge in [0.2, 0.25) is 11.8 Å². The van der Waals surface area contributed by atoms with Crippen molar-refractivity contribution < 1.29 is 9.59 Å². The van der Waals surface area contributed by atoms with Gasteiger partial charge >= 0.3 is 0 Å². The summed E-state index contributed by atoms with van der Waals surface area (Å²) >= 11 is 0. The van der Waals surface area contributed by atoms with Gasteiger partial charge in [0.15, 0.2) is 0 Å². The van der Waals surface area contributed by atoms with Crippen molar-refractivity contribution in [3.05, 3.63) is 24.3 Å². The first-order valence-electron chi connectivity index (χ1n) is 8.33.